The largest absolute Gasteiger partial charge is 0.379 e. The van der Waals surface area contributed by atoms with Crippen LogP contribution in [0.3, 0.4) is 0 Å². The van der Waals surface area contributed by atoms with Gasteiger partial charge in [0.25, 0.3) is 5.56 Å². The number of H-pyrrole nitrogens is 1. The van der Waals surface area contributed by atoms with Crippen LogP contribution >= 0.6 is 0 Å². The maximum absolute atomic E-state index is 11.2. The molecule has 0 radical (unpaired) electrons. The summed E-state index contributed by atoms with van der Waals surface area (Å²) in [6, 6.07) is 1.53. The average molecular weight is 223 g/mol. The quantitative estimate of drug-likeness (QED) is 0.799. The SMILES string of the molecule is COC1CN(c2cc(=O)[nH]cn2)CCC1C. The number of hydrogen-bond donors (Lipinski definition) is 1. The number of anilines is 1. The van der Waals surface area contributed by atoms with Crippen molar-refractivity contribution >= 4 is 5.82 Å². The van der Waals surface area contributed by atoms with Crippen LogP contribution in [0.1, 0.15) is 13.3 Å². The van der Waals surface area contributed by atoms with Gasteiger partial charge in [-0.2, -0.15) is 0 Å². The Morgan fingerprint density at radius 2 is 2.44 bits per heavy atom. The van der Waals surface area contributed by atoms with Crippen molar-refractivity contribution in [2.45, 2.75) is 19.4 Å². The molecule has 1 aliphatic heterocycles. The van der Waals surface area contributed by atoms with E-state index in [1.807, 2.05) is 0 Å². The first-order valence-corrected chi connectivity index (χ1v) is 5.53. The molecule has 2 rings (SSSR count). The van der Waals surface area contributed by atoms with Crippen molar-refractivity contribution < 1.29 is 4.74 Å². The zero-order valence-corrected chi connectivity index (χ0v) is 9.64. The van der Waals surface area contributed by atoms with Gasteiger partial charge in [0.1, 0.15) is 5.82 Å². The Hall–Kier alpha value is -1.36. The average Bonchev–Trinajstić information content (AvgIpc) is 2.29. The van der Waals surface area contributed by atoms with E-state index >= 15 is 0 Å². The molecule has 1 aromatic rings. The normalized spacial score (nSPS) is 25.8. The Morgan fingerprint density at radius 3 is 3.12 bits per heavy atom. The smallest absolute Gasteiger partial charge is 0.252 e. The summed E-state index contributed by atoms with van der Waals surface area (Å²) in [5.41, 5.74) is -0.113. The minimum Gasteiger partial charge on any atom is -0.379 e. The van der Waals surface area contributed by atoms with Crippen LogP contribution in [0.15, 0.2) is 17.2 Å². The number of hydrogen-bond acceptors (Lipinski definition) is 4. The van der Waals surface area contributed by atoms with Crippen molar-refractivity contribution in [3.63, 3.8) is 0 Å². The molecule has 0 bridgehead atoms. The van der Waals surface area contributed by atoms with E-state index in [0.29, 0.717) is 5.92 Å². The molecule has 0 saturated carbocycles. The molecule has 2 atom stereocenters. The van der Waals surface area contributed by atoms with Crippen LogP contribution in [0.2, 0.25) is 0 Å². The van der Waals surface area contributed by atoms with Crippen molar-refractivity contribution in [3.8, 4) is 0 Å². The number of ether oxygens (including phenoxy) is 1. The van der Waals surface area contributed by atoms with Gasteiger partial charge < -0.3 is 14.6 Å². The Balaban J connectivity index is 2.14. The fourth-order valence-electron chi connectivity index (χ4n) is 2.08. The van der Waals surface area contributed by atoms with Gasteiger partial charge in [0.2, 0.25) is 0 Å². The molecule has 16 heavy (non-hydrogen) atoms. The third-order valence-electron chi connectivity index (χ3n) is 3.18. The number of nitrogens with one attached hydrogen (secondary N) is 1. The minimum absolute atomic E-state index is 0.113. The van der Waals surface area contributed by atoms with Crippen molar-refractivity contribution in [1.29, 1.82) is 0 Å². The number of aromatic amines is 1. The van der Waals surface area contributed by atoms with Crippen molar-refractivity contribution in [3.05, 3.63) is 22.7 Å². The van der Waals surface area contributed by atoms with Gasteiger partial charge in [0.05, 0.1) is 12.4 Å². The lowest BCUT2D eigenvalue weighted by molar-refractivity contribution is 0.0496. The van der Waals surface area contributed by atoms with E-state index in [-0.39, 0.29) is 11.7 Å². The van der Waals surface area contributed by atoms with Gasteiger partial charge in [0.15, 0.2) is 0 Å². The van der Waals surface area contributed by atoms with Crippen LogP contribution in [0, 0.1) is 5.92 Å². The standard InChI is InChI=1S/C11H17N3O2/c1-8-3-4-14(6-9(8)16-2)10-5-11(15)13-7-12-10/h5,7-9H,3-4,6H2,1-2H3,(H,12,13,15). The highest BCUT2D eigenvalue weighted by Crippen LogP contribution is 2.22. The molecule has 0 aromatic carbocycles. The highest BCUT2D eigenvalue weighted by Gasteiger charge is 2.26. The van der Waals surface area contributed by atoms with Gasteiger partial charge in [-0.15, -0.1) is 0 Å². The first kappa shape index (κ1) is 11.1. The van der Waals surface area contributed by atoms with E-state index in [9.17, 15) is 4.79 Å². The molecular formula is C11H17N3O2. The zero-order chi connectivity index (χ0) is 11.5. The lowest BCUT2D eigenvalue weighted by Crippen LogP contribution is -2.44. The maximum Gasteiger partial charge on any atom is 0.252 e. The van der Waals surface area contributed by atoms with E-state index < -0.39 is 0 Å². The fourth-order valence-corrected chi connectivity index (χ4v) is 2.08. The number of methoxy groups -OCH3 is 1. The molecule has 0 aliphatic carbocycles. The van der Waals surface area contributed by atoms with Crippen LogP contribution in [-0.4, -0.2) is 36.3 Å². The summed E-state index contributed by atoms with van der Waals surface area (Å²) in [5, 5.41) is 0. The summed E-state index contributed by atoms with van der Waals surface area (Å²) in [6.07, 6.45) is 2.72. The van der Waals surface area contributed by atoms with Crippen LogP contribution in [0.25, 0.3) is 0 Å². The highest BCUT2D eigenvalue weighted by atomic mass is 16.5. The summed E-state index contributed by atoms with van der Waals surface area (Å²) < 4.78 is 5.43. The van der Waals surface area contributed by atoms with E-state index in [0.717, 1.165) is 25.3 Å². The Bertz CT molecular complexity index is 404. The van der Waals surface area contributed by atoms with Crippen molar-refractivity contribution in [2.75, 3.05) is 25.1 Å². The molecule has 5 nitrogen and oxygen atoms in total. The predicted molar refractivity (Wildman–Crippen MR) is 61.6 cm³/mol. The van der Waals surface area contributed by atoms with Gasteiger partial charge in [-0.1, -0.05) is 6.92 Å². The Labute approximate surface area is 94.5 Å². The zero-order valence-electron chi connectivity index (χ0n) is 9.64. The topological polar surface area (TPSA) is 58.2 Å². The van der Waals surface area contributed by atoms with Crippen LogP contribution in [-0.2, 0) is 4.74 Å². The fraction of sp³-hybridized carbons (Fsp3) is 0.636. The van der Waals surface area contributed by atoms with Gasteiger partial charge in [0, 0.05) is 26.3 Å². The van der Waals surface area contributed by atoms with Crippen molar-refractivity contribution in [2.24, 2.45) is 5.92 Å². The van der Waals surface area contributed by atoms with E-state index in [4.69, 9.17) is 4.74 Å². The number of aromatic nitrogens is 2. The minimum atomic E-state index is -0.113. The first-order chi connectivity index (χ1) is 7.70. The first-order valence-electron chi connectivity index (χ1n) is 5.53. The summed E-state index contributed by atoms with van der Waals surface area (Å²) >= 11 is 0. The Kier molecular flexibility index (Phi) is 3.24. The second kappa shape index (κ2) is 4.65. The van der Waals surface area contributed by atoms with Gasteiger partial charge in [-0.05, 0) is 12.3 Å². The molecule has 0 spiro atoms. The lowest BCUT2D eigenvalue weighted by atomic mass is 9.96. The Morgan fingerprint density at radius 1 is 1.62 bits per heavy atom. The van der Waals surface area contributed by atoms with Crippen LogP contribution in [0.5, 0.6) is 0 Å². The van der Waals surface area contributed by atoms with E-state index in [2.05, 4.69) is 21.8 Å². The summed E-state index contributed by atoms with van der Waals surface area (Å²) in [5.74, 6) is 1.29. The van der Waals surface area contributed by atoms with E-state index in [1.165, 1.54) is 12.4 Å². The second-order valence-electron chi connectivity index (χ2n) is 4.26. The third kappa shape index (κ3) is 2.24. The van der Waals surface area contributed by atoms with Crippen LogP contribution in [0.4, 0.5) is 5.82 Å². The molecular weight excluding hydrogens is 206 g/mol. The molecule has 1 fully saturated rings. The van der Waals surface area contributed by atoms with Gasteiger partial charge in [-0.25, -0.2) is 4.98 Å². The third-order valence-corrected chi connectivity index (χ3v) is 3.18. The summed E-state index contributed by atoms with van der Waals surface area (Å²) in [6.45, 7) is 3.92. The highest BCUT2D eigenvalue weighted by molar-refractivity contribution is 5.37. The van der Waals surface area contributed by atoms with Crippen molar-refractivity contribution in [1.82, 2.24) is 9.97 Å². The number of rotatable bonds is 2. The molecule has 0 amide bonds. The second-order valence-corrected chi connectivity index (χ2v) is 4.26. The molecule has 1 N–H and O–H groups in total. The molecule has 2 unspecified atom stereocenters. The molecule has 88 valence electrons. The van der Waals surface area contributed by atoms with Gasteiger partial charge >= 0.3 is 0 Å². The molecule has 5 heteroatoms. The predicted octanol–water partition coefficient (Wildman–Crippen LogP) is 0.631. The monoisotopic (exact) mass is 223 g/mol. The molecule has 1 aliphatic rings. The number of piperidine rings is 1. The number of nitrogens with zero attached hydrogens (tertiary/aromatic N) is 2. The molecule has 2 heterocycles. The summed E-state index contributed by atoms with van der Waals surface area (Å²) in [7, 11) is 1.73. The molecule has 1 saturated heterocycles. The van der Waals surface area contributed by atoms with E-state index in [1.54, 1.807) is 7.11 Å². The lowest BCUT2D eigenvalue weighted by Gasteiger charge is -2.36. The van der Waals surface area contributed by atoms with Gasteiger partial charge in [-0.3, -0.25) is 4.79 Å². The summed E-state index contributed by atoms with van der Waals surface area (Å²) in [4.78, 5) is 20.0. The molecule has 1 aromatic heterocycles. The maximum atomic E-state index is 11.2. The van der Waals surface area contributed by atoms with Crippen LogP contribution < -0.4 is 10.5 Å².